The second kappa shape index (κ2) is 5.08. The third kappa shape index (κ3) is 2.61. The summed E-state index contributed by atoms with van der Waals surface area (Å²) >= 11 is 0. The molecule has 1 heterocycles. The van der Waals surface area contributed by atoms with Crippen LogP contribution in [0.25, 0.3) is 0 Å². The minimum atomic E-state index is -0.325. The molecule has 0 amide bonds. The van der Waals surface area contributed by atoms with Gasteiger partial charge in [0.2, 0.25) is 0 Å². The Morgan fingerprint density at radius 3 is 2.89 bits per heavy atom. The number of nitrogens with two attached hydrogens (primary N) is 1. The zero-order valence-corrected chi connectivity index (χ0v) is 10.6. The molecule has 5 heteroatoms. The molecule has 4 nitrogen and oxygen atoms in total. The third-order valence-electron chi connectivity index (χ3n) is 2.81. The summed E-state index contributed by atoms with van der Waals surface area (Å²) in [6.45, 7) is 2.70. The number of anilines is 2. The van der Waals surface area contributed by atoms with Crippen molar-refractivity contribution in [2.45, 2.75) is 19.9 Å². The number of aromatic nitrogens is 2. The highest BCUT2D eigenvalue weighted by atomic mass is 19.1. The van der Waals surface area contributed by atoms with Gasteiger partial charge in [-0.1, -0.05) is 6.92 Å². The first-order chi connectivity index (χ1) is 8.60. The minimum absolute atomic E-state index is 0.325. The zero-order chi connectivity index (χ0) is 13.1. The number of hydrogen-bond acceptors (Lipinski definition) is 3. The van der Waals surface area contributed by atoms with Crippen molar-refractivity contribution in [2.75, 3.05) is 11.1 Å². The van der Waals surface area contributed by atoms with Gasteiger partial charge in [0.25, 0.3) is 0 Å². The van der Waals surface area contributed by atoms with E-state index in [4.69, 9.17) is 5.73 Å². The summed E-state index contributed by atoms with van der Waals surface area (Å²) in [4.78, 5) is 0. The number of nitrogens with zero attached hydrogens (tertiary/aromatic N) is 2. The van der Waals surface area contributed by atoms with Gasteiger partial charge in [0.15, 0.2) is 0 Å². The smallest absolute Gasteiger partial charge is 0.125 e. The highest BCUT2D eigenvalue weighted by Crippen LogP contribution is 2.20. The van der Waals surface area contributed by atoms with Gasteiger partial charge in [0.05, 0.1) is 17.1 Å². The lowest BCUT2D eigenvalue weighted by Crippen LogP contribution is -2.03. The molecule has 1 aromatic carbocycles. The number of nitrogens with one attached hydrogen (secondary N) is 1. The first-order valence-electron chi connectivity index (χ1n) is 5.90. The Balaban J connectivity index is 2.11. The van der Waals surface area contributed by atoms with Gasteiger partial charge < -0.3 is 11.1 Å². The second-order valence-corrected chi connectivity index (χ2v) is 4.21. The van der Waals surface area contributed by atoms with Crippen molar-refractivity contribution >= 4 is 11.4 Å². The van der Waals surface area contributed by atoms with Gasteiger partial charge in [-0.2, -0.15) is 5.10 Å². The fourth-order valence-electron chi connectivity index (χ4n) is 1.91. The molecule has 3 N–H and O–H groups in total. The number of hydrogen-bond donors (Lipinski definition) is 2. The first kappa shape index (κ1) is 12.4. The van der Waals surface area contributed by atoms with Crippen molar-refractivity contribution < 1.29 is 4.39 Å². The normalized spacial score (nSPS) is 10.6. The van der Waals surface area contributed by atoms with Crippen LogP contribution in [0.15, 0.2) is 24.4 Å². The van der Waals surface area contributed by atoms with Crippen molar-refractivity contribution in [1.82, 2.24) is 9.78 Å². The molecule has 0 atom stereocenters. The monoisotopic (exact) mass is 248 g/mol. The van der Waals surface area contributed by atoms with E-state index in [2.05, 4.69) is 17.3 Å². The van der Waals surface area contributed by atoms with Gasteiger partial charge in [-0.05, 0) is 24.6 Å². The van der Waals surface area contributed by atoms with Gasteiger partial charge in [-0.25, -0.2) is 4.39 Å². The van der Waals surface area contributed by atoms with Crippen molar-refractivity contribution in [3.8, 4) is 0 Å². The minimum Gasteiger partial charge on any atom is -0.397 e. The average molecular weight is 248 g/mol. The Morgan fingerprint density at radius 1 is 1.44 bits per heavy atom. The average Bonchev–Trinajstić information content (AvgIpc) is 2.68. The quantitative estimate of drug-likeness (QED) is 0.816. The summed E-state index contributed by atoms with van der Waals surface area (Å²) in [5.74, 6) is -0.325. The summed E-state index contributed by atoms with van der Waals surface area (Å²) in [6, 6.07) is 4.35. The highest BCUT2D eigenvalue weighted by molar-refractivity contribution is 5.65. The van der Waals surface area contributed by atoms with Gasteiger partial charge in [-0.3, -0.25) is 4.68 Å². The maximum absolute atomic E-state index is 12.9. The number of aryl methyl sites for hydroxylation is 2. The van der Waals surface area contributed by atoms with Gasteiger partial charge >= 0.3 is 0 Å². The molecule has 1 aromatic heterocycles. The van der Waals surface area contributed by atoms with E-state index in [0.29, 0.717) is 12.2 Å². The predicted octanol–water partition coefficient (Wildman–Crippen LogP) is 2.32. The molecule has 0 unspecified atom stereocenters. The third-order valence-corrected chi connectivity index (χ3v) is 2.81. The molecule has 0 aliphatic rings. The van der Waals surface area contributed by atoms with Gasteiger partial charge in [0.1, 0.15) is 5.82 Å². The summed E-state index contributed by atoms with van der Waals surface area (Å²) in [6.07, 6.45) is 2.86. The Bertz CT molecular complexity index is 548. The SMILES string of the molecule is CCc1nn(C)cc1CNc1ccc(F)cc1N. The van der Waals surface area contributed by atoms with Crippen LogP contribution in [0.2, 0.25) is 0 Å². The molecule has 18 heavy (non-hydrogen) atoms. The molecule has 96 valence electrons. The van der Waals surface area contributed by atoms with Gasteiger partial charge in [-0.15, -0.1) is 0 Å². The van der Waals surface area contributed by atoms with Crippen LogP contribution in [-0.4, -0.2) is 9.78 Å². The second-order valence-electron chi connectivity index (χ2n) is 4.21. The summed E-state index contributed by atoms with van der Waals surface area (Å²) in [5.41, 5.74) is 9.08. The van der Waals surface area contributed by atoms with Crippen molar-refractivity contribution in [3.63, 3.8) is 0 Å². The van der Waals surface area contributed by atoms with E-state index in [-0.39, 0.29) is 5.82 Å². The summed E-state index contributed by atoms with van der Waals surface area (Å²) < 4.78 is 14.7. The maximum atomic E-state index is 12.9. The van der Waals surface area contributed by atoms with E-state index in [1.807, 2.05) is 13.2 Å². The number of benzene rings is 1. The van der Waals surface area contributed by atoms with Crippen LogP contribution < -0.4 is 11.1 Å². The topological polar surface area (TPSA) is 55.9 Å². The molecular formula is C13H17FN4. The summed E-state index contributed by atoms with van der Waals surface area (Å²) in [7, 11) is 1.90. The van der Waals surface area contributed by atoms with Crippen LogP contribution in [0.1, 0.15) is 18.2 Å². The molecule has 0 bridgehead atoms. The van der Waals surface area contributed by atoms with Crippen LogP contribution in [-0.2, 0) is 20.0 Å². The Hall–Kier alpha value is -2.04. The molecular weight excluding hydrogens is 231 g/mol. The van der Waals surface area contributed by atoms with E-state index >= 15 is 0 Å². The number of rotatable bonds is 4. The van der Waals surface area contributed by atoms with Crippen LogP contribution in [0.3, 0.4) is 0 Å². The lowest BCUT2D eigenvalue weighted by molar-refractivity contribution is 0.628. The van der Waals surface area contributed by atoms with Crippen LogP contribution >= 0.6 is 0 Å². The largest absolute Gasteiger partial charge is 0.397 e. The molecule has 0 spiro atoms. The van der Waals surface area contributed by atoms with Crippen LogP contribution in [0.5, 0.6) is 0 Å². The molecule has 0 radical (unpaired) electrons. The summed E-state index contributed by atoms with van der Waals surface area (Å²) in [5, 5.41) is 7.56. The number of halogens is 1. The predicted molar refractivity (Wildman–Crippen MR) is 70.7 cm³/mol. The maximum Gasteiger partial charge on any atom is 0.125 e. The van der Waals surface area contributed by atoms with E-state index in [1.54, 1.807) is 10.7 Å². The molecule has 2 aromatic rings. The molecule has 2 rings (SSSR count). The van der Waals surface area contributed by atoms with Gasteiger partial charge in [0, 0.05) is 25.4 Å². The molecule has 0 aliphatic heterocycles. The lowest BCUT2D eigenvalue weighted by Gasteiger charge is -2.08. The zero-order valence-electron chi connectivity index (χ0n) is 10.6. The van der Waals surface area contributed by atoms with E-state index in [9.17, 15) is 4.39 Å². The highest BCUT2D eigenvalue weighted by Gasteiger charge is 2.06. The molecule has 0 saturated carbocycles. The first-order valence-corrected chi connectivity index (χ1v) is 5.90. The van der Waals surface area contributed by atoms with E-state index in [0.717, 1.165) is 23.4 Å². The number of nitrogen functional groups attached to an aromatic ring is 1. The Labute approximate surface area is 106 Å². The fraction of sp³-hybridized carbons (Fsp3) is 0.308. The van der Waals surface area contributed by atoms with Crippen molar-refractivity contribution in [1.29, 1.82) is 0 Å². The molecule has 0 fully saturated rings. The van der Waals surface area contributed by atoms with Crippen LogP contribution in [0.4, 0.5) is 15.8 Å². The Kier molecular flexibility index (Phi) is 3.50. The fourth-order valence-corrected chi connectivity index (χ4v) is 1.91. The van der Waals surface area contributed by atoms with Crippen LogP contribution in [0, 0.1) is 5.82 Å². The standard InChI is InChI=1S/C13H17FN4/c1-3-12-9(8-18(2)17-12)7-16-13-5-4-10(14)6-11(13)15/h4-6,8,16H,3,7,15H2,1-2H3. The van der Waals surface area contributed by atoms with E-state index in [1.165, 1.54) is 12.1 Å². The van der Waals surface area contributed by atoms with Crippen molar-refractivity contribution in [2.24, 2.45) is 7.05 Å². The lowest BCUT2D eigenvalue weighted by atomic mass is 10.2. The Morgan fingerprint density at radius 2 is 2.22 bits per heavy atom. The molecule has 0 saturated heterocycles. The van der Waals surface area contributed by atoms with E-state index < -0.39 is 0 Å². The van der Waals surface area contributed by atoms with Crippen molar-refractivity contribution in [3.05, 3.63) is 41.5 Å². The molecule has 0 aliphatic carbocycles.